The number of unbranched alkanes of at least 4 members (excludes halogenated alkanes) is 1. The van der Waals surface area contributed by atoms with Gasteiger partial charge in [0.2, 0.25) is 5.91 Å². The number of rotatable bonds is 6. The maximum atomic E-state index is 13.0. The van der Waals surface area contributed by atoms with Crippen LogP contribution >= 0.6 is 11.6 Å². The van der Waals surface area contributed by atoms with Crippen molar-refractivity contribution in [2.24, 2.45) is 23.7 Å². The maximum Gasteiger partial charge on any atom is 0.257 e. The Kier molecular flexibility index (Phi) is 4.65. The molecular weight excluding hydrogens is 414 g/mol. The number of hydrogen-bond acceptors (Lipinski definition) is 6. The molecule has 3 heterocycles. The van der Waals surface area contributed by atoms with Crippen molar-refractivity contribution in [3.8, 4) is 0 Å². The van der Waals surface area contributed by atoms with Gasteiger partial charge in [0.15, 0.2) is 0 Å². The van der Waals surface area contributed by atoms with Crippen molar-refractivity contribution in [1.82, 2.24) is 19.8 Å². The quantitative estimate of drug-likeness (QED) is 0.499. The second kappa shape index (κ2) is 7.41. The third kappa shape index (κ3) is 3.21. The molecule has 4 aliphatic carbocycles. The minimum atomic E-state index is -0.182. The topological polar surface area (TPSA) is 69.6 Å². The molecule has 162 valence electrons. The zero-order valence-electron chi connectivity index (χ0n) is 17.4. The Bertz CT molecular complexity index is 999. The first-order valence-electron chi connectivity index (χ1n) is 11.3. The summed E-state index contributed by atoms with van der Waals surface area (Å²) in [6.45, 7) is 5.25. The standard InChI is InChI=1S/C23H26ClN5O2/c24-18-12-25-13-19(26-18)28-9-7-27(8-10-28)5-1-2-6-29-22(30)20-14-3-4-15(17-11-16(14)17)21(20)23(29)31/h3-4,12-14,16-17,20H,1-2,5-11H2. The normalized spacial score (nSPS) is 31.5. The fourth-order valence-corrected chi connectivity index (χ4v) is 6.10. The van der Waals surface area contributed by atoms with Crippen LogP contribution in [0.2, 0.25) is 5.15 Å². The molecule has 2 aliphatic heterocycles. The van der Waals surface area contributed by atoms with E-state index in [9.17, 15) is 9.59 Å². The van der Waals surface area contributed by atoms with Crippen LogP contribution in [0.5, 0.6) is 0 Å². The highest BCUT2D eigenvalue weighted by atomic mass is 35.5. The van der Waals surface area contributed by atoms with Gasteiger partial charge >= 0.3 is 0 Å². The molecule has 8 heteroatoms. The Morgan fingerprint density at radius 2 is 1.87 bits per heavy atom. The Hall–Kier alpha value is -2.25. The van der Waals surface area contributed by atoms with Crippen molar-refractivity contribution in [3.05, 3.63) is 40.8 Å². The lowest BCUT2D eigenvalue weighted by Gasteiger charge is -2.35. The third-order valence-electron chi connectivity index (χ3n) is 7.64. The van der Waals surface area contributed by atoms with Crippen LogP contribution < -0.4 is 4.90 Å². The third-order valence-corrected chi connectivity index (χ3v) is 7.82. The van der Waals surface area contributed by atoms with Crippen LogP contribution in [0, 0.1) is 23.7 Å². The second-order valence-corrected chi connectivity index (χ2v) is 9.71. The fourth-order valence-electron chi connectivity index (χ4n) is 5.96. The lowest BCUT2D eigenvalue weighted by molar-refractivity contribution is -0.139. The van der Waals surface area contributed by atoms with Gasteiger partial charge in [0.1, 0.15) is 11.0 Å². The van der Waals surface area contributed by atoms with E-state index < -0.39 is 0 Å². The van der Waals surface area contributed by atoms with E-state index in [0.717, 1.165) is 63.4 Å². The number of allylic oxidation sites excluding steroid dienone is 3. The van der Waals surface area contributed by atoms with Crippen molar-refractivity contribution in [1.29, 1.82) is 0 Å². The van der Waals surface area contributed by atoms with Gasteiger partial charge < -0.3 is 4.90 Å². The summed E-state index contributed by atoms with van der Waals surface area (Å²) in [6.07, 6.45) is 10.6. The highest BCUT2D eigenvalue weighted by Crippen LogP contribution is 2.62. The molecule has 0 N–H and O–H groups in total. The predicted molar refractivity (Wildman–Crippen MR) is 116 cm³/mol. The molecule has 7 nitrogen and oxygen atoms in total. The van der Waals surface area contributed by atoms with Crippen molar-refractivity contribution in [2.75, 3.05) is 44.2 Å². The van der Waals surface area contributed by atoms with Gasteiger partial charge in [0.25, 0.3) is 5.91 Å². The highest BCUT2D eigenvalue weighted by molar-refractivity contribution is 6.29. The number of piperazine rings is 1. The zero-order valence-corrected chi connectivity index (χ0v) is 18.2. The number of halogens is 1. The number of amides is 2. The molecule has 4 atom stereocenters. The van der Waals surface area contributed by atoms with Gasteiger partial charge in [-0.2, -0.15) is 0 Å². The summed E-state index contributed by atoms with van der Waals surface area (Å²) < 4.78 is 0. The molecule has 31 heavy (non-hydrogen) atoms. The van der Waals surface area contributed by atoms with Crippen molar-refractivity contribution in [3.63, 3.8) is 0 Å². The number of likely N-dealkylation sites (tertiary alicyclic amines) is 1. The molecule has 2 saturated heterocycles. The van der Waals surface area contributed by atoms with Gasteiger partial charge in [-0.25, -0.2) is 4.98 Å². The first-order chi connectivity index (χ1) is 15.1. The number of anilines is 1. The van der Waals surface area contributed by atoms with Crippen LogP contribution in [0.3, 0.4) is 0 Å². The predicted octanol–water partition coefficient (Wildman–Crippen LogP) is 2.15. The Morgan fingerprint density at radius 3 is 2.68 bits per heavy atom. The number of aromatic nitrogens is 2. The van der Waals surface area contributed by atoms with Crippen LogP contribution in [0.4, 0.5) is 5.82 Å². The monoisotopic (exact) mass is 439 g/mol. The van der Waals surface area contributed by atoms with E-state index in [-0.39, 0.29) is 23.7 Å². The number of imide groups is 1. The number of hydrogen-bond donors (Lipinski definition) is 0. The molecule has 2 amide bonds. The number of nitrogens with zero attached hydrogens (tertiary/aromatic N) is 5. The molecule has 1 saturated carbocycles. The van der Waals surface area contributed by atoms with Crippen LogP contribution in [0.1, 0.15) is 19.3 Å². The van der Waals surface area contributed by atoms with E-state index >= 15 is 0 Å². The smallest absolute Gasteiger partial charge is 0.257 e. The molecule has 3 fully saturated rings. The minimum Gasteiger partial charge on any atom is -0.353 e. The fraction of sp³-hybridized carbons (Fsp3) is 0.565. The Balaban J connectivity index is 0.985. The van der Waals surface area contributed by atoms with Crippen LogP contribution in [0.25, 0.3) is 0 Å². The molecular formula is C23H26ClN5O2. The van der Waals surface area contributed by atoms with Gasteiger partial charge in [0.05, 0.1) is 18.3 Å². The lowest BCUT2D eigenvalue weighted by Crippen LogP contribution is -2.47. The zero-order chi connectivity index (χ0) is 21.1. The Labute approximate surface area is 186 Å². The lowest BCUT2D eigenvalue weighted by atomic mass is 9.71. The van der Waals surface area contributed by atoms with E-state index in [4.69, 9.17) is 11.6 Å². The number of carbonyl (C=O) groups is 2. The van der Waals surface area contributed by atoms with E-state index in [0.29, 0.717) is 23.5 Å². The molecule has 1 aromatic rings. The highest BCUT2D eigenvalue weighted by Gasteiger charge is 2.61. The average molecular weight is 440 g/mol. The molecule has 1 aromatic heterocycles. The largest absolute Gasteiger partial charge is 0.353 e. The molecule has 0 radical (unpaired) electrons. The molecule has 0 aromatic carbocycles. The molecule has 2 bridgehead atoms. The summed E-state index contributed by atoms with van der Waals surface area (Å²) in [5.74, 6) is 2.11. The van der Waals surface area contributed by atoms with E-state index in [1.165, 1.54) is 5.57 Å². The second-order valence-electron chi connectivity index (χ2n) is 9.32. The summed E-state index contributed by atoms with van der Waals surface area (Å²) >= 11 is 5.95. The van der Waals surface area contributed by atoms with Gasteiger partial charge in [-0.3, -0.25) is 24.4 Å². The molecule has 6 aliphatic rings. The van der Waals surface area contributed by atoms with Crippen molar-refractivity contribution in [2.45, 2.75) is 19.3 Å². The summed E-state index contributed by atoms with van der Waals surface area (Å²) in [6, 6.07) is 0. The van der Waals surface area contributed by atoms with Gasteiger partial charge in [-0.05, 0) is 49.1 Å². The molecule has 7 rings (SSSR count). The van der Waals surface area contributed by atoms with Gasteiger partial charge in [-0.15, -0.1) is 0 Å². The number of carbonyl (C=O) groups excluding carboxylic acids is 2. The van der Waals surface area contributed by atoms with E-state index in [1.807, 2.05) is 0 Å². The van der Waals surface area contributed by atoms with Gasteiger partial charge in [-0.1, -0.05) is 23.8 Å². The first-order valence-corrected chi connectivity index (χ1v) is 11.7. The average Bonchev–Trinajstić information content (AvgIpc) is 3.57. The maximum absolute atomic E-state index is 13.0. The van der Waals surface area contributed by atoms with E-state index in [1.54, 1.807) is 17.3 Å². The Morgan fingerprint density at radius 1 is 1.06 bits per heavy atom. The minimum absolute atomic E-state index is 0.0130. The van der Waals surface area contributed by atoms with Crippen LogP contribution in [-0.2, 0) is 9.59 Å². The first kappa shape index (κ1) is 19.4. The summed E-state index contributed by atoms with van der Waals surface area (Å²) in [7, 11) is 0. The van der Waals surface area contributed by atoms with Gasteiger partial charge in [0, 0.05) is 38.3 Å². The SMILES string of the molecule is O=C1C2=C3C=CC(C2C(=O)N1CCCCN1CCN(c2cncc(Cl)n2)CC1)C1CC31. The molecule has 0 spiro atoms. The summed E-state index contributed by atoms with van der Waals surface area (Å²) in [5, 5.41) is 0.420. The van der Waals surface area contributed by atoms with Crippen molar-refractivity contribution >= 4 is 29.2 Å². The van der Waals surface area contributed by atoms with E-state index in [2.05, 4.69) is 31.9 Å². The summed E-state index contributed by atoms with van der Waals surface area (Å²) in [5.41, 5.74) is 2.00. The van der Waals surface area contributed by atoms with Crippen LogP contribution in [0.15, 0.2) is 35.7 Å². The van der Waals surface area contributed by atoms with Crippen molar-refractivity contribution < 1.29 is 9.59 Å². The van der Waals surface area contributed by atoms with Crippen LogP contribution in [-0.4, -0.2) is 70.9 Å². The summed E-state index contributed by atoms with van der Waals surface area (Å²) in [4.78, 5) is 40.6. The molecule has 4 unspecified atom stereocenters.